The Kier molecular flexibility index (Phi) is 9.94. The molecule has 0 amide bonds. The van der Waals surface area contributed by atoms with E-state index in [1.807, 2.05) is 54.6 Å². The highest BCUT2D eigenvalue weighted by Gasteiger charge is 2.20. The molecule has 1 atom stereocenters. The maximum absolute atomic E-state index is 12.2. The van der Waals surface area contributed by atoms with Crippen molar-refractivity contribution in [3.63, 3.8) is 0 Å². The number of nitrogens with zero attached hydrogens (tertiary/aromatic N) is 4. The third-order valence-electron chi connectivity index (χ3n) is 7.41. The largest absolute Gasteiger partial charge is 0.492 e. The van der Waals surface area contributed by atoms with E-state index in [1.165, 1.54) is 11.9 Å². The van der Waals surface area contributed by atoms with Gasteiger partial charge in [0.15, 0.2) is 0 Å². The predicted molar refractivity (Wildman–Crippen MR) is 162 cm³/mol. The van der Waals surface area contributed by atoms with Gasteiger partial charge in [0, 0.05) is 30.7 Å². The Labute approximate surface area is 241 Å². The Morgan fingerprint density at radius 1 is 1.00 bits per heavy atom. The molecule has 1 unspecified atom stereocenters. The second kappa shape index (κ2) is 14.4. The van der Waals surface area contributed by atoms with Crippen LogP contribution in [-0.2, 0) is 17.6 Å². The molecule has 4 aromatic rings. The third kappa shape index (κ3) is 8.14. The van der Waals surface area contributed by atoms with E-state index in [-0.39, 0.29) is 0 Å². The Morgan fingerprint density at radius 2 is 1.85 bits per heavy atom. The van der Waals surface area contributed by atoms with Crippen LogP contribution in [0, 0.1) is 0 Å². The second-order valence-corrected chi connectivity index (χ2v) is 10.4. The van der Waals surface area contributed by atoms with Crippen LogP contribution in [0.5, 0.6) is 5.75 Å². The van der Waals surface area contributed by atoms with Crippen LogP contribution >= 0.6 is 0 Å². The van der Waals surface area contributed by atoms with E-state index >= 15 is 0 Å². The van der Waals surface area contributed by atoms with Crippen molar-refractivity contribution in [3.05, 3.63) is 84.3 Å². The van der Waals surface area contributed by atoms with Gasteiger partial charge >= 0.3 is 5.97 Å². The number of hydrogen-bond donors (Lipinski definition) is 3. The number of carboxylic acids is 1. The standard InChI is InChI=1S/C32H38N6O3/c39-32(40)29(37-31-27-13-4-5-14-28(27)34-23-35-31)17-20-38(21-22-41-26-11-2-1-3-12-26)19-7-6-10-25-16-15-24-9-8-18-33-30(24)36-25/h1-5,11-16,23,29H,6-10,17-22H2,(H,33,36)(H,39,40)(H,34,35,37). The summed E-state index contributed by atoms with van der Waals surface area (Å²) in [7, 11) is 0. The SMILES string of the molecule is O=C(O)C(CCN(CCCCc1ccc2c(n1)NCCC2)CCOc1ccccc1)Nc1ncnc2ccccc12. The number of ether oxygens (including phenoxy) is 1. The summed E-state index contributed by atoms with van der Waals surface area (Å²) < 4.78 is 5.96. The van der Waals surface area contributed by atoms with E-state index < -0.39 is 12.0 Å². The lowest BCUT2D eigenvalue weighted by atomic mass is 10.1. The summed E-state index contributed by atoms with van der Waals surface area (Å²) in [4.78, 5) is 27.9. The summed E-state index contributed by atoms with van der Waals surface area (Å²) in [5.41, 5.74) is 3.20. The summed E-state index contributed by atoms with van der Waals surface area (Å²) in [6, 6.07) is 20.9. The van der Waals surface area contributed by atoms with Crippen molar-refractivity contribution < 1.29 is 14.6 Å². The van der Waals surface area contributed by atoms with Gasteiger partial charge in [-0.2, -0.15) is 0 Å². The lowest BCUT2D eigenvalue weighted by Gasteiger charge is -2.25. The average Bonchev–Trinajstić information content (AvgIpc) is 3.01. The van der Waals surface area contributed by atoms with Crippen LogP contribution in [0.1, 0.15) is 36.9 Å². The Morgan fingerprint density at radius 3 is 2.73 bits per heavy atom. The molecule has 2 aromatic carbocycles. The maximum Gasteiger partial charge on any atom is 0.326 e. The molecule has 0 radical (unpaired) electrons. The zero-order valence-corrected chi connectivity index (χ0v) is 23.3. The molecule has 41 heavy (non-hydrogen) atoms. The van der Waals surface area contributed by atoms with Crippen LogP contribution in [0.2, 0.25) is 0 Å². The van der Waals surface area contributed by atoms with E-state index in [0.29, 0.717) is 31.9 Å². The number of hydrogen-bond acceptors (Lipinski definition) is 8. The topological polar surface area (TPSA) is 112 Å². The van der Waals surface area contributed by atoms with Crippen molar-refractivity contribution in [2.75, 3.05) is 43.4 Å². The van der Waals surface area contributed by atoms with Crippen LogP contribution < -0.4 is 15.4 Å². The molecule has 9 nitrogen and oxygen atoms in total. The molecule has 5 rings (SSSR count). The van der Waals surface area contributed by atoms with Crippen molar-refractivity contribution in [1.29, 1.82) is 0 Å². The van der Waals surface area contributed by atoms with E-state index in [0.717, 1.165) is 73.4 Å². The number of carboxylic acid groups (broad SMARTS) is 1. The number of unbranched alkanes of at least 4 members (excludes halogenated alkanes) is 1. The van der Waals surface area contributed by atoms with Crippen LogP contribution in [0.25, 0.3) is 10.9 Å². The molecule has 0 saturated carbocycles. The third-order valence-corrected chi connectivity index (χ3v) is 7.41. The number of para-hydroxylation sites is 2. The minimum absolute atomic E-state index is 0.428. The lowest BCUT2D eigenvalue weighted by molar-refractivity contribution is -0.138. The van der Waals surface area contributed by atoms with E-state index in [2.05, 4.69) is 37.6 Å². The highest BCUT2D eigenvalue weighted by molar-refractivity contribution is 5.90. The minimum Gasteiger partial charge on any atom is -0.492 e. The molecule has 1 aliphatic rings. The number of fused-ring (bicyclic) bond motifs is 2. The van der Waals surface area contributed by atoms with Crippen molar-refractivity contribution >= 4 is 28.5 Å². The van der Waals surface area contributed by atoms with Crippen LogP contribution in [0.4, 0.5) is 11.6 Å². The number of benzene rings is 2. The highest BCUT2D eigenvalue weighted by Crippen LogP contribution is 2.21. The number of anilines is 2. The van der Waals surface area contributed by atoms with Gasteiger partial charge < -0.3 is 20.5 Å². The summed E-state index contributed by atoms with van der Waals surface area (Å²) in [5.74, 6) is 1.51. The molecule has 0 aliphatic carbocycles. The van der Waals surface area contributed by atoms with Crippen molar-refractivity contribution in [1.82, 2.24) is 19.9 Å². The summed E-state index contributed by atoms with van der Waals surface area (Å²) >= 11 is 0. The summed E-state index contributed by atoms with van der Waals surface area (Å²) in [5, 5.41) is 17.4. The Balaban J connectivity index is 1.17. The molecule has 1 aliphatic heterocycles. The fourth-order valence-corrected chi connectivity index (χ4v) is 5.15. The monoisotopic (exact) mass is 554 g/mol. The molecule has 9 heteroatoms. The highest BCUT2D eigenvalue weighted by atomic mass is 16.5. The first-order chi connectivity index (χ1) is 20.2. The number of aryl methyl sites for hydroxylation is 2. The molecule has 214 valence electrons. The zero-order chi connectivity index (χ0) is 28.3. The number of aliphatic carboxylic acids is 1. The van der Waals surface area contributed by atoms with Crippen molar-refractivity contribution in [2.24, 2.45) is 0 Å². The normalized spacial score (nSPS) is 13.4. The van der Waals surface area contributed by atoms with Gasteiger partial charge in [-0.25, -0.2) is 19.7 Å². The van der Waals surface area contributed by atoms with E-state index in [1.54, 1.807) is 0 Å². The van der Waals surface area contributed by atoms with E-state index in [4.69, 9.17) is 9.72 Å². The maximum atomic E-state index is 12.2. The summed E-state index contributed by atoms with van der Waals surface area (Å²) in [6.07, 6.45) is 7.06. The lowest BCUT2D eigenvalue weighted by Crippen LogP contribution is -2.37. The van der Waals surface area contributed by atoms with Gasteiger partial charge in [0.1, 0.15) is 36.4 Å². The first-order valence-corrected chi connectivity index (χ1v) is 14.5. The molecule has 0 bridgehead atoms. The molecular weight excluding hydrogens is 516 g/mol. The Bertz CT molecular complexity index is 1410. The van der Waals surface area contributed by atoms with Crippen LogP contribution in [-0.4, -0.2) is 69.8 Å². The van der Waals surface area contributed by atoms with Crippen LogP contribution in [0.3, 0.4) is 0 Å². The second-order valence-electron chi connectivity index (χ2n) is 10.4. The molecular formula is C32H38N6O3. The Hall–Kier alpha value is -4.24. The first-order valence-electron chi connectivity index (χ1n) is 14.5. The molecule has 3 N–H and O–H groups in total. The molecule has 0 spiro atoms. The van der Waals surface area contributed by atoms with Gasteiger partial charge in [0.05, 0.1) is 5.52 Å². The average molecular weight is 555 g/mol. The van der Waals surface area contributed by atoms with Gasteiger partial charge in [0.2, 0.25) is 0 Å². The number of aromatic nitrogens is 3. The number of rotatable bonds is 15. The van der Waals surface area contributed by atoms with Crippen molar-refractivity contribution in [3.8, 4) is 5.75 Å². The number of pyridine rings is 1. The number of nitrogens with one attached hydrogen (secondary N) is 2. The van der Waals surface area contributed by atoms with E-state index in [9.17, 15) is 9.90 Å². The van der Waals surface area contributed by atoms with Gasteiger partial charge in [-0.05, 0) is 81.0 Å². The number of carbonyl (C=O) groups is 1. The minimum atomic E-state index is -0.903. The molecule has 0 fully saturated rings. The quantitative estimate of drug-likeness (QED) is 0.174. The summed E-state index contributed by atoms with van der Waals surface area (Å²) in [6.45, 7) is 3.70. The fraction of sp³-hybridized carbons (Fsp3) is 0.375. The van der Waals surface area contributed by atoms with Crippen molar-refractivity contribution in [2.45, 2.75) is 44.6 Å². The van der Waals surface area contributed by atoms with Gasteiger partial charge in [-0.3, -0.25) is 4.90 Å². The first kappa shape index (κ1) is 28.3. The zero-order valence-electron chi connectivity index (χ0n) is 23.3. The predicted octanol–water partition coefficient (Wildman–Crippen LogP) is 5.04. The van der Waals surface area contributed by atoms with Crippen LogP contribution in [0.15, 0.2) is 73.1 Å². The molecule has 2 aromatic heterocycles. The molecule has 0 saturated heterocycles. The fourth-order valence-electron chi connectivity index (χ4n) is 5.15. The van der Waals surface area contributed by atoms with Gasteiger partial charge in [0.25, 0.3) is 0 Å². The van der Waals surface area contributed by atoms with Gasteiger partial charge in [-0.1, -0.05) is 36.4 Å². The molecule has 3 heterocycles. The van der Waals surface area contributed by atoms with Gasteiger partial charge in [-0.15, -0.1) is 0 Å². The smallest absolute Gasteiger partial charge is 0.326 e.